The quantitative estimate of drug-likeness (QED) is 0.125. The maximum absolute atomic E-state index is 15.0. The Hall–Kier alpha value is -2.78. The average molecular weight is 517 g/mol. The number of benzene rings is 1. The van der Waals surface area contributed by atoms with Crippen LogP contribution in [0.2, 0.25) is 0 Å². The zero-order valence-electron chi connectivity index (χ0n) is 21.4. The first kappa shape index (κ1) is 36.8. The maximum Gasteiger partial charge on any atom is 0.261 e. The number of hydrogen-bond donors (Lipinski definition) is 1. The molecule has 1 rings (SSSR count). The van der Waals surface area contributed by atoms with Crippen molar-refractivity contribution < 1.29 is 27.2 Å². The first-order valence-corrected chi connectivity index (χ1v) is 11.5. The minimum absolute atomic E-state index is 0.0541. The molecule has 3 atom stereocenters. The molecule has 0 aliphatic carbocycles. The van der Waals surface area contributed by atoms with Crippen molar-refractivity contribution >= 4 is 27.6 Å². The average Bonchev–Trinajstić information content (AvgIpc) is 2.86. The van der Waals surface area contributed by atoms with Gasteiger partial charge in [0.2, 0.25) is 0 Å². The van der Waals surface area contributed by atoms with E-state index in [1.54, 1.807) is 26.8 Å². The first-order chi connectivity index (χ1) is 16.5. The molecular formula is C26H37F4N2O2P. The van der Waals surface area contributed by atoms with Crippen molar-refractivity contribution in [3.8, 4) is 6.07 Å². The van der Waals surface area contributed by atoms with E-state index in [4.69, 9.17) is 10.1 Å². The van der Waals surface area contributed by atoms with Gasteiger partial charge in [0.1, 0.15) is 24.5 Å². The van der Waals surface area contributed by atoms with E-state index >= 15 is 0 Å². The fourth-order valence-electron chi connectivity index (χ4n) is 3.01. The zero-order valence-corrected chi connectivity index (χ0v) is 22.5. The van der Waals surface area contributed by atoms with Crippen molar-refractivity contribution in [2.24, 2.45) is 11.8 Å². The van der Waals surface area contributed by atoms with E-state index in [1.807, 2.05) is 20.6 Å². The lowest BCUT2D eigenvalue weighted by Crippen LogP contribution is -2.23. The number of alkyl halides is 2. The smallest absolute Gasteiger partial charge is 0.261 e. The van der Waals surface area contributed by atoms with E-state index in [9.17, 15) is 22.4 Å². The predicted octanol–water partition coefficient (Wildman–Crippen LogP) is 7.99. The molecule has 9 heteroatoms. The Balaban J connectivity index is -0.00000158. The van der Waals surface area contributed by atoms with Crippen molar-refractivity contribution in [2.45, 2.75) is 60.0 Å². The molecule has 0 aliphatic rings. The molecule has 0 aromatic heterocycles. The molecule has 4 nitrogen and oxygen atoms in total. The summed E-state index contributed by atoms with van der Waals surface area (Å²) in [7, 11) is 1.53. The van der Waals surface area contributed by atoms with Crippen LogP contribution in [0.4, 0.5) is 23.2 Å². The number of allylic oxidation sites excluding steroid dienone is 3. The van der Waals surface area contributed by atoms with Gasteiger partial charge in [-0.25, -0.2) is 17.6 Å². The Morgan fingerprint density at radius 2 is 1.80 bits per heavy atom. The lowest BCUT2D eigenvalue weighted by molar-refractivity contribution is -0.113. The molecular weight excluding hydrogens is 479 g/mol. The van der Waals surface area contributed by atoms with Crippen LogP contribution >= 0.6 is 9.24 Å². The van der Waals surface area contributed by atoms with E-state index in [2.05, 4.69) is 18.5 Å². The van der Waals surface area contributed by atoms with E-state index in [0.717, 1.165) is 12.1 Å². The van der Waals surface area contributed by atoms with Gasteiger partial charge in [-0.05, 0) is 56.4 Å². The van der Waals surface area contributed by atoms with E-state index < -0.39 is 35.1 Å². The van der Waals surface area contributed by atoms with Crippen LogP contribution < -0.4 is 5.32 Å². The Morgan fingerprint density at radius 3 is 2.20 bits per heavy atom. The minimum Gasteiger partial charge on any atom is -0.322 e. The van der Waals surface area contributed by atoms with Crippen LogP contribution in [0.3, 0.4) is 0 Å². The van der Waals surface area contributed by atoms with Gasteiger partial charge < -0.3 is 10.1 Å². The summed E-state index contributed by atoms with van der Waals surface area (Å²) in [6.45, 7) is 18.1. The fraction of sp³-hybridized carbons (Fsp3) is 0.423. The normalized spacial score (nSPS) is 13.0. The first-order valence-electron chi connectivity index (χ1n) is 11.0. The SMILES string of the molecule is C/C=C(\C(F)=C(/C)C(=O)Nc1ccc(F)c(C#N)c1)C(C)C[C@H](CC)C(F)(F)P.C=C.C=O.CC. The highest BCUT2D eigenvalue weighted by Crippen LogP contribution is 2.40. The van der Waals surface area contributed by atoms with Crippen LogP contribution in [-0.4, -0.2) is 18.4 Å². The number of carbonyl (C=O) groups excluding carboxylic acids is 2. The van der Waals surface area contributed by atoms with Gasteiger partial charge in [-0.15, -0.1) is 13.2 Å². The van der Waals surface area contributed by atoms with Gasteiger partial charge in [0.15, 0.2) is 0 Å². The molecule has 1 amide bonds. The van der Waals surface area contributed by atoms with Crippen molar-refractivity contribution in [2.75, 3.05) is 5.32 Å². The van der Waals surface area contributed by atoms with Crippen LogP contribution in [0.15, 0.2) is 54.4 Å². The summed E-state index contributed by atoms with van der Waals surface area (Å²) >= 11 is 0. The maximum atomic E-state index is 15.0. The highest BCUT2D eigenvalue weighted by atomic mass is 31.0. The molecule has 0 saturated carbocycles. The van der Waals surface area contributed by atoms with Gasteiger partial charge >= 0.3 is 0 Å². The van der Waals surface area contributed by atoms with E-state index in [0.29, 0.717) is 0 Å². The number of rotatable bonds is 8. The largest absolute Gasteiger partial charge is 0.322 e. The molecule has 1 aromatic carbocycles. The van der Waals surface area contributed by atoms with Crippen LogP contribution in [0.1, 0.15) is 59.9 Å². The molecule has 2 unspecified atom stereocenters. The highest BCUT2D eigenvalue weighted by Gasteiger charge is 2.34. The summed E-state index contributed by atoms with van der Waals surface area (Å²) < 4.78 is 55.7. The van der Waals surface area contributed by atoms with Gasteiger partial charge in [0.05, 0.1) is 11.1 Å². The molecule has 0 radical (unpaired) electrons. The molecule has 0 saturated heterocycles. The van der Waals surface area contributed by atoms with Crippen LogP contribution in [-0.2, 0) is 9.59 Å². The molecule has 0 spiro atoms. The molecule has 0 fully saturated rings. The second-order valence-electron chi connectivity index (χ2n) is 6.86. The topological polar surface area (TPSA) is 70.0 Å². The summed E-state index contributed by atoms with van der Waals surface area (Å²) in [6, 6.07) is 5.08. The van der Waals surface area contributed by atoms with E-state index in [-0.39, 0.29) is 35.2 Å². The highest BCUT2D eigenvalue weighted by molar-refractivity contribution is 7.18. The van der Waals surface area contributed by atoms with Gasteiger partial charge in [-0.2, -0.15) is 5.26 Å². The Morgan fingerprint density at radius 1 is 1.29 bits per heavy atom. The number of nitrogens with zero attached hydrogens (tertiary/aromatic N) is 1. The van der Waals surface area contributed by atoms with Gasteiger partial charge in [0, 0.05) is 11.6 Å². The molecule has 0 aliphatic heterocycles. The monoisotopic (exact) mass is 516 g/mol. The van der Waals surface area contributed by atoms with Crippen LogP contribution in [0, 0.1) is 29.0 Å². The minimum atomic E-state index is -2.96. The summed E-state index contributed by atoms with van der Waals surface area (Å²) in [5, 5.41) is 11.3. The van der Waals surface area contributed by atoms with Crippen LogP contribution in [0.25, 0.3) is 0 Å². The van der Waals surface area contributed by atoms with Gasteiger partial charge in [0.25, 0.3) is 11.6 Å². The van der Waals surface area contributed by atoms with Crippen LogP contribution in [0.5, 0.6) is 0 Å². The molecule has 35 heavy (non-hydrogen) atoms. The number of halogens is 4. The molecule has 0 heterocycles. The second-order valence-corrected chi connectivity index (χ2v) is 7.63. The fourth-order valence-corrected chi connectivity index (χ4v) is 3.38. The predicted molar refractivity (Wildman–Crippen MR) is 139 cm³/mol. The lowest BCUT2D eigenvalue weighted by Gasteiger charge is -2.26. The third-order valence-electron chi connectivity index (χ3n) is 4.79. The molecule has 0 bridgehead atoms. The number of anilines is 1. The standard InChI is InChI=1S/C21H25F4N2OP.C2H6.C2H4.CH2O/c1-5-15(21(24,25)29)9-12(3)17(6-2)19(23)13(4)20(28)27-16-7-8-18(22)14(10-16)11-26;3*1-2/h6-8,10,12,15H,5,9,29H2,1-4H3,(H,27,28);1-2H3;1-2H2;1H2/b17-6-,19-13-;;;/t12?,15-;;;/m0.../s1. The second kappa shape index (κ2) is 19.5. The van der Waals surface area contributed by atoms with Gasteiger partial charge in [-0.3, -0.25) is 4.79 Å². The third kappa shape index (κ3) is 12.5. The number of hydrogen-bond acceptors (Lipinski definition) is 3. The van der Waals surface area contributed by atoms with Crippen molar-refractivity contribution in [3.63, 3.8) is 0 Å². The number of nitriles is 1. The summed E-state index contributed by atoms with van der Waals surface area (Å²) in [4.78, 5) is 20.4. The molecule has 196 valence electrons. The number of carbonyl (C=O) groups is 2. The number of nitrogens with one attached hydrogen (secondary N) is 1. The summed E-state index contributed by atoms with van der Waals surface area (Å²) in [5.74, 6) is -3.77. The lowest BCUT2D eigenvalue weighted by atomic mass is 9.87. The summed E-state index contributed by atoms with van der Waals surface area (Å²) in [6.07, 6.45) is 1.75. The number of amides is 1. The van der Waals surface area contributed by atoms with Crippen molar-refractivity contribution in [3.05, 3.63) is 65.8 Å². The Kier molecular flexibility index (Phi) is 20.5. The van der Waals surface area contributed by atoms with E-state index in [1.165, 1.54) is 28.3 Å². The molecule has 1 aromatic rings. The Bertz CT molecular complexity index is 888. The van der Waals surface area contributed by atoms with Crippen molar-refractivity contribution in [1.29, 1.82) is 5.26 Å². The van der Waals surface area contributed by atoms with Crippen molar-refractivity contribution in [1.82, 2.24) is 0 Å². The Labute approximate surface area is 209 Å². The molecule has 1 N–H and O–H groups in total. The zero-order chi connectivity index (χ0) is 28.4. The van der Waals surface area contributed by atoms with Gasteiger partial charge in [-0.1, -0.05) is 43.0 Å². The summed E-state index contributed by atoms with van der Waals surface area (Å²) in [5.41, 5.74) is -3.14. The third-order valence-corrected chi connectivity index (χ3v) is 5.26.